The summed E-state index contributed by atoms with van der Waals surface area (Å²) in [6.07, 6.45) is 1.56. The molecule has 3 amide bonds. The van der Waals surface area contributed by atoms with Gasteiger partial charge >= 0.3 is 0 Å². The number of hydrogen-bond acceptors (Lipinski definition) is 8. The van der Waals surface area contributed by atoms with Crippen LogP contribution in [0.15, 0.2) is 136 Å². The molecular weight excluding hydrogens is 653 g/mol. The maximum Gasteiger partial charge on any atom is 0.272 e. The number of oxazole rings is 1. The number of methoxy groups -OCH3 is 2. The molecule has 1 aromatic heterocycles. The van der Waals surface area contributed by atoms with Gasteiger partial charge in [0.1, 0.15) is 11.2 Å². The molecule has 0 unspecified atom stereocenters. The van der Waals surface area contributed by atoms with Gasteiger partial charge in [0.25, 0.3) is 11.8 Å². The number of benzene rings is 5. The molecule has 0 saturated heterocycles. The summed E-state index contributed by atoms with van der Waals surface area (Å²) in [5.41, 5.74) is 4.44. The van der Waals surface area contributed by atoms with Crippen molar-refractivity contribution in [3.8, 4) is 23.0 Å². The number of nitrogens with zero attached hydrogens (tertiary/aromatic N) is 1. The third kappa shape index (κ3) is 8.38. The molecule has 0 fully saturated rings. The highest BCUT2D eigenvalue weighted by Crippen LogP contribution is 2.29. The van der Waals surface area contributed by atoms with E-state index in [4.69, 9.17) is 13.9 Å². The van der Waals surface area contributed by atoms with Crippen LogP contribution in [-0.4, -0.2) is 42.7 Å². The first-order chi connectivity index (χ1) is 24.4. The molecule has 0 bridgehead atoms. The molecule has 0 aliphatic carbocycles. The van der Waals surface area contributed by atoms with Crippen molar-refractivity contribution < 1.29 is 28.3 Å². The number of rotatable bonds is 12. The van der Waals surface area contributed by atoms with E-state index >= 15 is 0 Å². The zero-order valence-corrected chi connectivity index (χ0v) is 28.0. The van der Waals surface area contributed by atoms with Crippen LogP contribution >= 0.6 is 11.8 Å². The van der Waals surface area contributed by atoms with E-state index in [9.17, 15) is 14.4 Å². The van der Waals surface area contributed by atoms with Crippen LogP contribution < -0.4 is 25.4 Å². The van der Waals surface area contributed by atoms with Gasteiger partial charge in [0, 0.05) is 27.4 Å². The Labute approximate surface area is 292 Å². The van der Waals surface area contributed by atoms with Crippen molar-refractivity contribution in [3.63, 3.8) is 0 Å². The van der Waals surface area contributed by atoms with Gasteiger partial charge in [-0.25, -0.2) is 4.98 Å². The van der Waals surface area contributed by atoms with E-state index in [0.29, 0.717) is 45.5 Å². The molecule has 0 aliphatic rings. The minimum atomic E-state index is -0.537. The lowest BCUT2D eigenvalue weighted by Gasteiger charge is -2.13. The molecule has 1 heterocycles. The van der Waals surface area contributed by atoms with Gasteiger partial charge in [0.2, 0.25) is 11.8 Å². The summed E-state index contributed by atoms with van der Waals surface area (Å²) in [4.78, 5) is 44.7. The quantitative estimate of drug-likeness (QED) is 0.0885. The van der Waals surface area contributed by atoms with Gasteiger partial charge in [-0.15, -0.1) is 11.8 Å². The average molecular weight is 685 g/mol. The molecule has 10 nitrogen and oxygen atoms in total. The molecule has 6 aromatic rings. The lowest BCUT2D eigenvalue weighted by Crippen LogP contribution is -2.30. The Morgan fingerprint density at radius 3 is 2.28 bits per heavy atom. The van der Waals surface area contributed by atoms with E-state index in [0.717, 1.165) is 16.0 Å². The molecule has 0 atom stereocenters. The number of thioether (sulfide) groups is 1. The second kappa shape index (κ2) is 15.7. The first kappa shape index (κ1) is 33.6. The number of nitrogens with one attached hydrogen (secondary N) is 3. The Hall–Kier alpha value is -6.33. The number of amides is 3. The number of hydrogen-bond donors (Lipinski definition) is 3. The normalized spacial score (nSPS) is 11.1. The fourth-order valence-corrected chi connectivity index (χ4v) is 5.71. The Morgan fingerprint density at radius 1 is 0.760 bits per heavy atom. The fraction of sp³-hybridized carbons (Fsp3) is 0.0769. The minimum Gasteiger partial charge on any atom is -0.493 e. The Bertz CT molecular complexity index is 2150. The lowest BCUT2D eigenvalue weighted by atomic mass is 10.1. The minimum absolute atomic E-state index is 0.0191. The fourth-order valence-electron chi connectivity index (χ4n) is 4.95. The van der Waals surface area contributed by atoms with Crippen molar-refractivity contribution in [1.82, 2.24) is 10.3 Å². The topological polar surface area (TPSA) is 132 Å². The number of fused-ring (bicyclic) bond motifs is 1. The largest absolute Gasteiger partial charge is 0.493 e. The number of carbonyl (C=O) groups is 3. The molecular formula is C39H32N4O6S. The van der Waals surface area contributed by atoms with Gasteiger partial charge in [-0.3, -0.25) is 14.4 Å². The van der Waals surface area contributed by atoms with E-state index < -0.39 is 11.8 Å². The molecule has 0 aliphatic heterocycles. The van der Waals surface area contributed by atoms with Crippen LogP contribution in [0.3, 0.4) is 0 Å². The molecule has 3 N–H and O–H groups in total. The number of anilines is 2. The molecule has 0 radical (unpaired) electrons. The molecule has 250 valence electrons. The van der Waals surface area contributed by atoms with E-state index in [-0.39, 0.29) is 17.4 Å². The summed E-state index contributed by atoms with van der Waals surface area (Å²) in [6.45, 7) is 0. The second-order valence-electron chi connectivity index (χ2n) is 10.9. The van der Waals surface area contributed by atoms with Gasteiger partial charge in [0.05, 0.1) is 20.0 Å². The summed E-state index contributed by atoms with van der Waals surface area (Å²) < 4.78 is 16.6. The summed E-state index contributed by atoms with van der Waals surface area (Å²) in [7, 11) is 3.05. The lowest BCUT2D eigenvalue weighted by molar-refractivity contribution is -0.114. The van der Waals surface area contributed by atoms with Crippen molar-refractivity contribution in [2.75, 3.05) is 30.6 Å². The SMILES string of the molecule is COc1ccc(/C=C(/NC(=O)c2ccccc2)C(=O)Nc2cccc(SCC(=O)Nc3ccc(-c4nc5ccccc5o4)cc3)c2)cc1OC. The van der Waals surface area contributed by atoms with Crippen LogP contribution in [0, 0.1) is 0 Å². The Morgan fingerprint density at radius 2 is 1.52 bits per heavy atom. The maximum atomic E-state index is 13.6. The van der Waals surface area contributed by atoms with Crippen LogP contribution in [-0.2, 0) is 9.59 Å². The summed E-state index contributed by atoms with van der Waals surface area (Å²) in [5.74, 6) is 0.481. The number of carbonyl (C=O) groups excluding carboxylic acids is 3. The van der Waals surface area contributed by atoms with Crippen molar-refractivity contribution >= 4 is 58.0 Å². The van der Waals surface area contributed by atoms with Gasteiger partial charge in [-0.2, -0.15) is 0 Å². The maximum absolute atomic E-state index is 13.6. The first-order valence-electron chi connectivity index (χ1n) is 15.5. The van der Waals surface area contributed by atoms with E-state index in [1.54, 1.807) is 84.9 Å². The van der Waals surface area contributed by atoms with Crippen LogP contribution in [0.5, 0.6) is 11.5 Å². The predicted molar refractivity (Wildman–Crippen MR) is 195 cm³/mol. The zero-order valence-electron chi connectivity index (χ0n) is 27.1. The number of ether oxygens (including phenoxy) is 2. The van der Waals surface area contributed by atoms with Gasteiger partial charge in [-0.05, 0) is 90.5 Å². The van der Waals surface area contributed by atoms with Crippen LogP contribution in [0.25, 0.3) is 28.6 Å². The summed E-state index contributed by atoms with van der Waals surface area (Å²) >= 11 is 1.32. The zero-order chi connectivity index (χ0) is 34.9. The average Bonchev–Trinajstić information content (AvgIpc) is 3.59. The molecule has 5 aromatic carbocycles. The third-order valence-electron chi connectivity index (χ3n) is 7.42. The van der Waals surface area contributed by atoms with Gasteiger partial charge in [0.15, 0.2) is 17.1 Å². The first-order valence-corrected chi connectivity index (χ1v) is 16.5. The standard InChI is InChI=1S/C39H32N4O6S/c1-47-34-20-15-25(22-35(34)48-2)21-32(42-37(45)26-9-4-3-5-10-26)38(46)41-29-11-8-12-30(23-29)50-24-36(44)40-28-18-16-27(17-19-28)39-43-31-13-6-7-14-33(31)49-39/h3-23H,24H2,1-2H3,(H,40,44)(H,41,46)(H,42,45)/b32-21+. The molecule has 6 rings (SSSR count). The number of aromatic nitrogens is 1. The third-order valence-corrected chi connectivity index (χ3v) is 8.41. The van der Waals surface area contributed by atoms with Crippen LogP contribution in [0.2, 0.25) is 0 Å². The van der Waals surface area contributed by atoms with Crippen molar-refractivity contribution in [3.05, 3.63) is 138 Å². The highest BCUT2D eigenvalue weighted by atomic mass is 32.2. The van der Waals surface area contributed by atoms with E-state index in [2.05, 4.69) is 20.9 Å². The predicted octanol–water partition coefficient (Wildman–Crippen LogP) is 7.65. The molecule has 0 spiro atoms. The van der Waals surface area contributed by atoms with E-state index in [1.807, 2.05) is 42.5 Å². The van der Waals surface area contributed by atoms with Gasteiger partial charge in [-0.1, -0.05) is 42.5 Å². The highest BCUT2D eigenvalue weighted by molar-refractivity contribution is 8.00. The van der Waals surface area contributed by atoms with Crippen LogP contribution in [0.4, 0.5) is 11.4 Å². The van der Waals surface area contributed by atoms with Gasteiger partial charge < -0.3 is 29.8 Å². The highest BCUT2D eigenvalue weighted by Gasteiger charge is 2.16. The second-order valence-corrected chi connectivity index (χ2v) is 11.9. The Balaban J connectivity index is 1.10. The molecule has 11 heteroatoms. The van der Waals surface area contributed by atoms with Crippen molar-refractivity contribution in [1.29, 1.82) is 0 Å². The Kier molecular flexibility index (Phi) is 10.5. The summed E-state index contributed by atoms with van der Waals surface area (Å²) in [6, 6.07) is 35.7. The summed E-state index contributed by atoms with van der Waals surface area (Å²) in [5, 5.41) is 8.50. The smallest absolute Gasteiger partial charge is 0.272 e. The van der Waals surface area contributed by atoms with E-state index in [1.165, 1.54) is 26.0 Å². The van der Waals surface area contributed by atoms with Crippen molar-refractivity contribution in [2.24, 2.45) is 0 Å². The molecule has 50 heavy (non-hydrogen) atoms. The number of para-hydroxylation sites is 2. The van der Waals surface area contributed by atoms with Crippen LogP contribution in [0.1, 0.15) is 15.9 Å². The monoisotopic (exact) mass is 684 g/mol. The molecule has 0 saturated carbocycles. The van der Waals surface area contributed by atoms with Crippen molar-refractivity contribution in [2.45, 2.75) is 4.90 Å².